The molecule has 0 aliphatic carbocycles. The predicted octanol–water partition coefficient (Wildman–Crippen LogP) is 2.14. The molecule has 1 aromatic rings. The second-order valence-corrected chi connectivity index (χ2v) is 6.42. The fourth-order valence-electron chi connectivity index (χ4n) is 2.82. The molecule has 0 saturated carbocycles. The fourth-order valence-corrected chi connectivity index (χ4v) is 2.82. The van der Waals surface area contributed by atoms with Crippen LogP contribution < -0.4 is 5.73 Å². The van der Waals surface area contributed by atoms with Gasteiger partial charge in [0, 0.05) is 31.8 Å². The van der Waals surface area contributed by atoms with Crippen molar-refractivity contribution in [3.05, 3.63) is 35.4 Å². The molecule has 6 heteroatoms. The van der Waals surface area contributed by atoms with E-state index < -0.39 is 0 Å². The van der Waals surface area contributed by atoms with Gasteiger partial charge in [-0.25, -0.2) is 0 Å². The van der Waals surface area contributed by atoms with Gasteiger partial charge in [0.15, 0.2) is 0 Å². The molecule has 1 aliphatic heterocycles. The average Bonchev–Trinajstić information content (AvgIpc) is 2.58. The average molecular weight is 356 g/mol. The van der Waals surface area contributed by atoms with Crippen LogP contribution in [-0.2, 0) is 11.3 Å². The van der Waals surface area contributed by atoms with Crippen LogP contribution in [0.15, 0.2) is 24.3 Å². The van der Waals surface area contributed by atoms with Gasteiger partial charge in [-0.2, -0.15) is 0 Å². The molecule has 0 atom stereocenters. The summed E-state index contributed by atoms with van der Waals surface area (Å²) in [5, 5.41) is 0. The van der Waals surface area contributed by atoms with E-state index >= 15 is 0 Å². The maximum atomic E-state index is 12.5. The summed E-state index contributed by atoms with van der Waals surface area (Å²) in [7, 11) is 4.15. The highest BCUT2D eigenvalue weighted by Crippen LogP contribution is 2.17. The molecule has 1 aromatic carbocycles. The molecule has 0 bridgehead atoms. The van der Waals surface area contributed by atoms with Gasteiger partial charge in [-0.3, -0.25) is 4.79 Å². The number of likely N-dealkylation sites (tertiary alicyclic amines) is 1. The molecule has 5 nitrogen and oxygen atoms in total. The molecule has 2 rings (SSSR count). The number of carbonyl (C=O) groups is 1. The maximum absolute atomic E-state index is 12.5. The highest BCUT2D eigenvalue weighted by molar-refractivity contribution is 5.94. The topological polar surface area (TPSA) is 58.8 Å². The van der Waals surface area contributed by atoms with Crippen LogP contribution in [0.3, 0.4) is 0 Å². The van der Waals surface area contributed by atoms with Crippen LogP contribution >= 0.6 is 12.4 Å². The van der Waals surface area contributed by atoms with E-state index in [1.54, 1.807) is 0 Å². The molecule has 0 radical (unpaired) electrons. The molecule has 1 amide bonds. The van der Waals surface area contributed by atoms with Crippen molar-refractivity contribution in [1.82, 2.24) is 9.80 Å². The predicted molar refractivity (Wildman–Crippen MR) is 99.6 cm³/mol. The number of rotatable bonds is 7. The lowest BCUT2D eigenvalue weighted by Crippen LogP contribution is -2.41. The van der Waals surface area contributed by atoms with Crippen molar-refractivity contribution in [3.8, 4) is 0 Å². The first-order valence-electron chi connectivity index (χ1n) is 8.44. The lowest BCUT2D eigenvalue weighted by molar-refractivity contribution is 0.00633. The molecule has 2 N–H and O–H groups in total. The van der Waals surface area contributed by atoms with E-state index in [1.807, 2.05) is 29.2 Å². The van der Waals surface area contributed by atoms with Crippen molar-refractivity contribution in [2.75, 3.05) is 40.3 Å². The molecule has 24 heavy (non-hydrogen) atoms. The monoisotopic (exact) mass is 355 g/mol. The zero-order valence-corrected chi connectivity index (χ0v) is 15.6. The minimum absolute atomic E-state index is 0. The van der Waals surface area contributed by atoms with Gasteiger partial charge < -0.3 is 20.3 Å². The Bertz CT molecular complexity index is 486. The van der Waals surface area contributed by atoms with E-state index in [1.165, 1.54) is 0 Å². The molecule has 1 heterocycles. The quantitative estimate of drug-likeness (QED) is 0.761. The summed E-state index contributed by atoms with van der Waals surface area (Å²) in [5.41, 5.74) is 7.38. The van der Waals surface area contributed by atoms with Crippen molar-refractivity contribution in [2.45, 2.75) is 31.9 Å². The fraction of sp³-hybridized carbons (Fsp3) is 0.611. The number of ether oxygens (including phenoxy) is 1. The van der Waals surface area contributed by atoms with Crippen LogP contribution in [0.5, 0.6) is 0 Å². The second-order valence-electron chi connectivity index (χ2n) is 6.42. The number of carbonyl (C=O) groups excluding carboxylic acids is 1. The number of halogens is 1. The number of hydrogen-bond donors (Lipinski definition) is 1. The normalized spacial score (nSPS) is 15.4. The third-order valence-corrected chi connectivity index (χ3v) is 4.27. The van der Waals surface area contributed by atoms with Gasteiger partial charge in [0.2, 0.25) is 0 Å². The SMILES string of the molecule is CN(C)CCCOC1CCN(C(=O)c2ccc(CN)cc2)CC1.Cl. The highest BCUT2D eigenvalue weighted by atomic mass is 35.5. The van der Waals surface area contributed by atoms with E-state index in [9.17, 15) is 4.79 Å². The first-order valence-corrected chi connectivity index (χ1v) is 8.44. The van der Waals surface area contributed by atoms with Crippen molar-refractivity contribution in [1.29, 1.82) is 0 Å². The summed E-state index contributed by atoms with van der Waals surface area (Å²) < 4.78 is 5.92. The van der Waals surface area contributed by atoms with Crippen molar-refractivity contribution < 1.29 is 9.53 Å². The molecule has 0 aromatic heterocycles. The Balaban J connectivity index is 0.00000288. The lowest BCUT2D eigenvalue weighted by Gasteiger charge is -2.32. The molecular weight excluding hydrogens is 326 g/mol. The van der Waals surface area contributed by atoms with Crippen molar-refractivity contribution in [2.24, 2.45) is 5.73 Å². The molecule has 1 fully saturated rings. The Kier molecular flexibility index (Phi) is 9.29. The van der Waals surface area contributed by atoms with E-state index in [-0.39, 0.29) is 18.3 Å². The zero-order chi connectivity index (χ0) is 16.7. The van der Waals surface area contributed by atoms with Gasteiger partial charge >= 0.3 is 0 Å². The zero-order valence-electron chi connectivity index (χ0n) is 14.7. The first kappa shape index (κ1) is 20.9. The van der Waals surface area contributed by atoms with Gasteiger partial charge in [0.25, 0.3) is 5.91 Å². The van der Waals surface area contributed by atoms with Gasteiger partial charge in [-0.05, 0) is 57.6 Å². The van der Waals surface area contributed by atoms with Crippen LogP contribution in [-0.4, -0.2) is 62.1 Å². The number of benzene rings is 1. The maximum Gasteiger partial charge on any atom is 0.253 e. The van der Waals surface area contributed by atoms with Gasteiger partial charge in [0.05, 0.1) is 6.10 Å². The Morgan fingerprint density at radius 1 is 1.25 bits per heavy atom. The summed E-state index contributed by atoms with van der Waals surface area (Å²) in [6.07, 6.45) is 3.20. The Morgan fingerprint density at radius 2 is 1.88 bits per heavy atom. The molecular formula is C18H30ClN3O2. The molecule has 1 aliphatic rings. The van der Waals surface area contributed by atoms with Crippen LogP contribution in [0.4, 0.5) is 0 Å². The number of piperidine rings is 1. The summed E-state index contributed by atoms with van der Waals surface area (Å²) in [5.74, 6) is 0.111. The first-order chi connectivity index (χ1) is 11.1. The lowest BCUT2D eigenvalue weighted by atomic mass is 10.1. The Labute approximate surface area is 151 Å². The highest BCUT2D eigenvalue weighted by Gasteiger charge is 2.23. The molecule has 136 valence electrons. The number of amides is 1. The number of nitrogens with two attached hydrogens (primary N) is 1. The summed E-state index contributed by atoms with van der Waals surface area (Å²) >= 11 is 0. The van der Waals surface area contributed by atoms with E-state index in [0.29, 0.717) is 12.6 Å². The van der Waals surface area contributed by atoms with E-state index in [4.69, 9.17) is 10.5 Å². The number of hydrogen-bond acceptors (Lipinski definition) is 4. The largest absolute Gasteiger partial charge is 0.378 e. The van der Waals surface area contributed by atoms with Crippen LogP contribution in [0, 0.1) is 0 Å². The second kappa shape index (κ2) is 10.7. The van der Waals surface area contributed by atoms with Crippen LogP contribution in [0.1, 0.15) is 35.2 Å². The Morgan fingerprint density at radius 3 is 2.42 bits per heavy atom. The molecule has 0 unspecified atom stereocenters. The van der Waals surface area contributed by atoms with Crippen LogP contribution in [0.2, 0.25) is 0 Å². The molecule has 0 spiro atoms. The van der Waals surface area contributed by atoms with Crippen molar-refractivity contribution in [3.63, 3.8) is 0 Å². The van der Waals surface area contributed by atoms with Gasteiger partial charge in [-0.1, -0.05) is 12.1 Å². The van der Waals surface area contributed by atoms with Gasteiger partial charge in [-0.15, -0.1) is 12.4 Å². The Hall–Kier alpha value is -1.14. The van der Waals surface area contributed by atoms with Crippen molar-refractivity contribution >= 4 is 18.3 Å². The third kappa shape index (κ3) is 6.40. The molecule has 1 saturated heterocycles. The van der Waals surface area contributed by atoms with Gasteiger partial charge in [0.1, 0.15) is 0 Å². The summed E-state index contributed by atoms with van der Waals surface area (Å²) in [6, 6.07) is 7.59. The standard InChI is InChI=1S/C18H29N3O2.ClH/c1-20(2)10-3-13-23-17-8-11-21(12-9-17)18(22)16-6-4-15(14-19)5-7-16;/h4-7,17H,3,8-14,19H2,1-2H3;1H. The number of nitrogens with zero attached hydrogens (tertiary/aromatic N) is 2. The minimum Gasteiger partial charge on any atom is -0.378 e. The summed E-state index contributed by atoms with van der Waals surface area (Å²) in [4.78, 5) is 16.6. The van der Waals surface area contributed by atoms with E-state index in [2.05, 4.69) is 19.0 Å². The van der Waals surface area contributed by atoms with Crippen LogP contribution in [0.25, 0.3) is 0 Å². The summed E-state index contributed by atoms with van der Waals surface area (Å²) in [6.45, 7) is 3.91. The third-order valence-electron chi connectivity index (χ3n) is 4.27. The smallest absolute Gasteiger partial charge is 0.253 e. The van der Waals surface area contributed by atoms with E-state index in [0.717, 1.165) is 56.6 Å². The minimum atomic E-state index is 0.